The van der Waals surface area contributed by atoms with Crippen LogP contribution in [0.1, 0.15) is 51.3 Å². The molecule has 5 nitrogen and oxygen atoms in total. The van der Waals surface area contributed by atoms with E-state index in [0.29, 0.717) is 13.0 Å². The van der Waals surface area contributed by atoms with Crippen LogP contribution in [0, 0.1) is 5.92 Å². The molecular formula is C40H56N4O. The van der Waals surface area contributed by atoms with Crippen LogP contribution < -0.4 is 11.1 Å². The summed E-state index contributed by atoms with van der Waals surface area (Å²) >= 11 is 0. The van der Waals surface area contributed by atoms with Gasteiger partial charge < -0.3 is 16.0 Å². The molecule has 1 amide bonds. The van der Waals surface area contributed by atoms with E-state index < -0.39 is 0 Å². The van der Waals surface area contributed by atoms with Gasteiger partial charge in [-0.05, 0) is 47.2 Å². The fourth-order valence-electron chi connectivity index (χ4n) is 4.97. The standard InChI is InChI=1S/C33H35N3O.C4H10.C2H6.CH5N/c37-33(36-22-20-35(21-23-36)26-29-12-6-2-7-13-29)32(24-27-10-4-1-5-11-27)34-25-28-16-18-31(19-17-28)30-14-8-3-9-15-30;1-4(2)3;2*1-2/h1-19,32,34H,20-26H2;4H,1-3H3;1-2H3;2H2,1H3. The number of carbonyl (C=O) groups excluding carboxylic acids is 1. The first-order valence-corrected chi connectivity index (χ1v) is 16.5. The van der Waals surface area contributed by atoms with Crippen molar-refractivity contribution in [2.45, 2.75) is 60.2 Å². The van der Waals surface area contributed by atoms with Crippen molar-refractivity contribution in [2.24, 2.45) is 11.7 Å². The SMILES string of the molecule is CC.CC(C)C.CN.O=C(C(Cc1ccccc1)NCc1ccc(-c2ccccc2)cc1)N1CCN(Cc2ccccc2)CC1. The fraction of sp³-hybridized carbons (Fsp3) is 0.375. The number of hydrogen-bond donors (Lipinski definition) is 2. The predicted octanol–water partition coefficient (Wildman–Crippen LogP) is 7.66. The third-order valence-electron chi connectivity index (χ3n) is 7.13. The van der Waals surface area contributed by atoms with Crippen molar-refractivity contribution in [3.8, 4) is 11.1 Å². The first-order chi connectivity index (χ1) is 22.0. The Bertz CT molecular complexity index is 1280. The molecule has 1 unspecified atom stereocenters. The first kappa shape index (κ1) is 37.4. The van der Waals surface area contributed by atoms with Crippen molar-refractivity contribution >= 4 is 5.91 Å². The van der Waals surface area contributed by atoms with Crippen molar-refractivity contribution < 1.29 is 4.79 Å². The molecule has 45 heavy (non-hydrogen) atoms. The molecule has 1 atom stereocenters. The Kier molecular flexibility index (Phi) is 18.2. The number of amides is 1. The fourth-order valence-corrected chi connectivity index (χ4v) is 4.97. The Morgan fingerprint density at radius 2 is 1.09 bits per heavy atom. The molecule has 1 aliphatic rings. The van der Waals surface area contributed by atoms with E-state index in [9.17, 15) is 4.79 Å². The number of piperazine rings is 1. The summed E-state index contributed by atoms with van der Waals surface area (Å²) in [4.78, 5) is 18.2. The van der Waals surface area contributed by atoms with Gasteiger partial charge in [0, 0.05) is 39.3 Å². The van der Waals surface area contributed by atoms with Crippen LogP contribution >= 0.6 is 0 Å². The molecule has 0 spiro atoms. The Morgan fingerprint density at radius 1 is 0.644 bits per heavy atom. The number of nitrogens with one attached hydrogen (secondary N) is 1. The normalized spacial score (nSPS) is 13.3. The minimum absolute atomic E-state index is 0.198. The van der Waals surface area contributed by atoms with Crippen LogP contribution in [0.15, 0.2) is 115 Å². The van der Waals surface area contributed by atoms with Crippen molar-refractivity contribution in [1.29, 1.82) is 0 Å². The van der Waals surface area contributed by atoms with Gasteiger partial charge in [-0.25, -0.2) is 0 Å². The van der Waals surface area contributed by atoms with Crippen LogP contribution in [0.25, 0.3) is 11.1 Å². The van der Waals surface area contributed by atoms with E-state index >= 15 is 0 Å². The molecule has 5 rings (SSSR count). The topological polar surface area (TPSA) is 61.6 Å². The summed E-state index contributed by atoms with van der Waals surface area (Å²) in [6.07, 6.45) is 0.687. The lowest BCUT2D eigenvalue weighted by atomic mass is 10.0. The molecule has 0 aromatic heterocycles. The van der Waals surface area contributed by atoms with E-state index in [1.807, 2.05) is 43.0 Å². The minimum atomic E-state index is -0.253. The lowest BCUT2D eigenvalue weighted by Crippen LogP contribution is -2.54. The lowest BCUT2D eigenvalue weighted by molar-refractivity contribution is -0.135. The van der Waals surface area contributed by atoms with E-state index in [1.165, 1.54) is 34.9 Å². The molecule has 1 saturated heterocycles. The zero-order valence-electron chi connectivity index (χ0n) is 28.5. The van der Waals surface area contributed by atoms with Crippen molar-refractivity contribution in [3.63, 3.8) is 0 Å². The maximum atomic E-state index is 13.7. The van der Waals surface area contributed by atoms with Gasteiger partial charge in [0.05, 0.1) is 6.04 Å². The van der Waals surface area contributed by atoms with Crippen LogP contribution in [-0.2, 0) is 24.3 Å². The average molecular weight is 609 g/mol. The van der Waals surface area contributed by atoms with Crippen molar-refractivity contribution in [2.75, 3.05) is 33.2 Å². The van der Waals surface area contributed by atoms with Crippen molar-refractivity contribution in [3.05, 3.63) is 132 Å². The zero-order valence-corrected chi connectivity index (χ0v) is 28.5. The van der Waals surface area contributed by atoms with Crippen LogP contribution in [0.5, 0.6) is 0 Å². The van der Waals surface area contributed by atoms with Crippen molar-refractivity contribution in [1.82, 2.24) is 15.1 Å². The van der Waals surface area contributed by atoms with Gasteiger partial charge >= 0.3 is 0 Å². The number of rotatable bonds is 9. The third-order valence-corrected chi connectivity index (χ3v) is 7.13. The smallest absolute Gasteiger partial charge is 0.240 e. The summed E-state index contributed by atoms with van der Waals surface area (Å²) in [7, 11) is 1.50. The van der Waals surface area contributed by atoms with Gasteiger partial charge in [-0.2, -0.15) is 0 Å². The Balaban J connectivity index is 0.000000804. The number of nitrogens with two attached hydrogens (primary N) is 1. The zero-order chi connectivity index (χ0) is 32.9. The third kappa shape index (κ3) is 13.8. The van der Waals surface area contributed by atoms with Gasteiger partial charge in [-0.3, -0.25) is 9.69 Å². The maximum absolute atomic E-state index is 13.7. The van der Waals surface area contributed by atoms with E-state index in [0.717, 1.165) is 38.6 Å². The van der Waals surface area contributed by atoms with E-state index in [2.05, 4.69) is 128 Å². The molecule has 0 radical (unpaired) electrons. The number of benzene rings is 4. The lowest BCUT2D eigenvalue weighted by Gasteiger charge is -2.36. The second-order valence-corrected chi connectivity index (χ2v) is 11.5. The average Bonchev–Trinajstić information content (AvgIpc) is 3.10. The summed E-state index contributed by atoms with van der Waals surface area (Å²) in [5.74, 6) is 1.03. The quantitative estimate of drug-likeness (QED) is 0.205. The molecule has 5 heteroatoms. The van der Waals surface area contributed by atoms with Crippen LogP contribution in [0.4, 0.5) is 0 Å². The number of carbonyl (C=O) groups is 1. The molecule has 1 aliphatic heterocycles. The second-order valence-electron chi connectivity index (χ2n) is 11.5. The van der Waals surface area contributed by atoms with Crippen LogP contribution in [-0.4, -0.2) is 55.0 Å². The van der Waals surface area contributed by atoms with E-state index in [4.69, 9.17) is 0 Å². The molecule has 4 aromatic rings. The number of nitrogens with zero attached hydrogens (tertiary/aromatic N) is 2. The van der Waals surface area contributed by atoms with E-state index in [-0.39, 0.29) is 11.9 Å². The maximum Gasteiger partial charge on any atom is 0.240 e. The van der Waals surface area contributed by atoms with Gasteiger partial charge in [0.25, 0.3) is 0 Å². The largest absolute Gasteiger partial charge is 0.339 e. The van der Waals surface area contributed by atoms with Gasteiger partial charge in [0.2, 0.25) is 5.91 Å². The van der Waals surface area contributed by atoms with Crippen LogP contribution in [0.2, 0.25) is 0 Å². The van der Waals surface area contributed by atoms with Gasteiger partial charge in [-0.1, -0.05) is 150 Å². The summed E-state index contributed by atoms with van der Waals surface area (Å²) in [5, 5.41) is 3.59. The van der Waals surface area contributed by atoms with Gasteiger partial charge in [0.1, 0.15) is 0 Å². The highest BCUT2D eigenvalue weighted by atomic mass is 16.2. The highest BCUT2D eigenvalue weighted by molar-refractivity contribution is 5.82. The molecule has 242 valence electrons. The summed E-state index contributed by atoms with van der Waals surface area (Å²) in [5.41, 5.74) is 10.6. The summed E-state index contributed by atoms with van der Waals surface area (Å²) < 4.78 is 0. The summed E-state index contributed by atoms with van der Waals surface area (Å²) in [6, 6.07) is 39.7. The molecule has 0 saturated carbocycles. The molecular weight excluding hydrogens is 552 g/mol. The molecule has 4 aromatic carbocycles. The Labute approximate surface area is 273 Å². The van der Waals surface area contributed by atoms with Gasteiger partial charge in [0.15, 0.2) is 0 Å². The van der Waals surface area contributed by atoms with Crippen LogP contribution in [0.3, 0.4) is 0 Å². The van der Waals surface area contributed by atoms with Gasteiger partial charge in [-0.15, -0.1) is 0 Å². The highest BCUT2D eigenvalue weighted by Crippen LogP contribution is 2.19. The Hall–Kier alpha value is -3.77. The molecule has 1 heterocycles. The molecule has 0 aliphatic carbocycles. The highest BCUT2D eigenvalue weighted by Gasteiger charge is 2.27. The summed E-state index contributed by atoms with van der Waals surface area (Å²) in [6.45, 7) is 15.4. The first-order valence-electron chi connectivity index (χ1n) is 16.5. The van der Waals surface area contributed by atoms with E-state index in [1.54, 1.807) is 0 Å². The molecule has 0 bridgehead atoms. The molecule has 1 fully saturated rings. The predicted molar refractivity (Wildman–Crippen MR) is 193 cm³/mol. The number of hydrogen-bond acceptors (Lipinski definition) is 4. The Morgan fingerprint density at radius 3 is 1.60 bits per heavy atom. The second kappa shape index (κ2) is 21.9. The minimum Gasteiger partial charge on any atom is -0.339 e. The molecule has 3 N–H and O–H groups in total. The monoisotopic (exact) mass is 608 g/mol.